The number of carbonyl (C=O) groups excluding carboxylic acids is 1. The number of piperidine rings is 1. The number of hydrogen-bond donors (Lipinski definition) is 1. The van der Waals surface area contributed by atoms with Crippen LogP contribution in [0.15, 0.2) is 0 Å². The molecule has 0 aromatic heterocycles. The number of likely N-dealkylation sites (tertiary alicyclic amines) is 1. The van der Waals surface area contributed by atoms with Crippen molar-refractivity contribution in [3.8, 4) is 0 Å². The van der Waals surface area contributed by atoms with Crippen LogP contribution in [-0.2, 0) is 4.79 Å². The van der Waals surface area contributed by atoms with Crippen LogP contribution in [0.1, 0.15) is 19.3 Å². The van der Waals surface area contributed by atoms with Gasteiger partial charge in [0.1, 0.15) is 0 Å². The van der Waals surface area contributed by atoms with Gasteiger partial charge >= 0.3 is 0 Å². The monoisotopic (exact) mass is 156 g/mol. The van der Waals surface area contributed by atoms with Crippen molar-refractivity contribution in [3.63, 3.8) is 0 Å². The number of carbonyl (C=O) groups is 1. The summed E-state index contributed by atoms with van der Waals surface area (Å²) in [5.41, 5.74) is 0. The molecule has 1 amide bonds. The standard InChI is InChI=1S/C8H16N2O/c1-10-5-3-2-4-8(10)6-9-7-11/h7-8H,2-6H2,1H3,(H,9,11). The lowest BCUT2D eigenvalue weighted by atomic mass is 10.0. The van der Waals surface area contributed by atoms with E-state index in [1.807, 2.05) is 0 Å². The van der Waals surface area contributed by atoms with Gasteiger partial charge in [0.2, 0.25) is 6.41 Å². The summed E-state index contributed by atoms with van der Waals surface area (Å²) < 4.78 is 0. The summed E-state index contributed by atoms with van der Waals surface area (Å²) in [4.78, 5) is 12.3. The van der Waals surface area contributed by atoms with Crippen molar-refractivity contribution in [2.24, 2.45) is 0 Å². The highest BCUT2D eigenvalue weighted by atomic mass is 16.1. The maximum absolute atomic E-state index is 10.0. The minimum atomic E-state index is 0.564. The smallest absolute Gasteiger partial charge is 0.207 e. The number of hydrogen-bond acceptors (Lipinski definition) is 2. The normalized spacial score (nSPS) is 26.5. The Morgan fingerprint density at radius 1 is 1.64 bits per heavy atom. The van der Waals surface area contributed by atoms with E-state index in [2.05, 4.69) is 17.3 Å². The van der Waals surface area contributed by atoms with E-state index in [1.165, 1.54) is 25.8 Å². The Morgan fingerprint density at radius 3 is 3.09 bits per heavy atom. The first kappa shape index (κ1) is 8.53. The molecule has 0 aliphatic carbocycles. The summed E-state index contributed by atoms with van der Waals surface area (Å²) in [6, 6.07) is 0.564. The highest BCUT2D eigenvalue weighted by Gasteiger charge is 2.17. The second-order valence-electron chi connectivity index (χ2n) is 3.16. The van der Waals surface area contributed by atoms with Gasteiger partial charge < -0.3 is 10.2 Å². The van der Waals surface area contributed by atoms with Crippen LogP contribution in [-0.4, -0.2) is 37.5 Å². The summed E-state index contributed by atoms with van der Waals surface area (Å²) >= 11 is 0. The molecule has 1 atom stereocenters. The van der Waals surface area contributed by atoms with Crippen molar-refractivity contribution in [1.82, 2.24) is 10.2 Å². The Bertz CT molecular complexity index is 127. The minimum absolute atomic E-state index is 0.564. The third-order valence-electron chi connectivity index (χ3n) is 2.36. The van der Waals surface area contributed by atoms with Crippen molar-refractivity contribution in [2.75, 3.05) is 20.1 Å². The first-order valence-electron chi connectivity index (χ1n) is 4.22. The van der Waals surface area contributed by atoms with Crippen molar-refractivity contribution in [2.45, 2.75) is 25.3 Å². The van der Waals surface area contributed by atoms with Gasteiger partial charge in [-0.05, 0) is 26.4 Å². The Labute approximate surface area is 67.8 Å². The van der Waals surface area contributed by atoms with Gasteiger partial charge in [-0.15, -0.1) is 0 Å². The lowest BCUT2D eigenvalue weighted by molar-refractivity contribution is -0.109. The van der Waals surface area contributed by atoms with Crippen molar-refractivity contribution >= 4 is 6.41 Å². The van der Waals surface area contributed by atoms with Crippen LogP contribution in [0, 0.1) is 0 Å². The van der Waals surface area contributed by atoms with E-state index >= 15 is 0 Å². The van der Waals surface area contributed by atoms with E-state index in [0.29, 0.717) is 6.04 Å². The zero-order valence-electron chi connectivity index (χ0n) is 7.05. The summed E-state index contributed by atoms with van der Waals surface area (Å²) in [5.74, 6) is 0. The maximum atomic E-state index is 10.0. The molecule has 1 aliphatic rings. The van der Waals surface area contributed by atoms with Gasteiger partial charge in [0.25, 0.3) is 0 Å². The molecule has 0 aromatic rings. The molecule has 0 aromatic carbocycles. The lowest BCUT2D eigenvalue weighted by Crippen LogP contribution is -2.42. The minimum Gasteiger partial charge on any atom is -0.357 e. The molecule has 1 fully saturated rings. The van der Waals surface area contributed by atoms with Gasteiger partial charge in [-0.2, -0.15) is 0 Å². The van der Waals surface area contributed by atoms with Crippen molar-refractivity contribution in [3.05, 3.63) is 0 Å². The van der Waals surface area contributed by atoms with Crippen LogP contribution < -0.4 is 5.32 Å². The summed E-state index contributed by atoms with van der Waals surface area (Å²) in [6.45, 7) is 1.98. The molecule has 1 rings (SSSR count). The van der Waals surface area contributed by atoms with Crippen LogP contribution >= 0.6 is 0 Å². The summed E-state index contributed by atoms with van der Waals surface area (Å²) in [6.07, 6.45) is 4.60. The van der Waals surface area contributed by atoms with Crippen LogP contribution in [0.4, 0.5) is 0 Å². The molecule has 3 nitrogen and oxygen atoms in total. The predicted molar refractivity (Wildman–Crippen MR) is 44.3 cm³/mol. The Kier molecular flexibility index (Phi) is 3.36. The second-order valence-corrected chi connectivity index (χ2v) is 3.16. The third kappa shape index (κ3) is 2.50. The number of rotatable bonds is 3. The molecule has 0 radical (unpaired) electrons. The molecule has 0 bridgehead atoms. The molecule has 64 valence electrons. The Morgan fingerprint density at radius 2 is 2.45 bits per heavy atom. The van der Waals surface area contributed by atoms with Crippen LogP contribution in [0.3, 0.4) is 0 Å². The molecule has 0 saturated carbocycles. The zero-order valence-corrected chi connectivity index (χ0v) is 7.05. The number of nitrogens with one attached hydrogen (secondary N) is 1. The molecule has 1 N–H and O–H groups in total. The van der Waals surface area contributed by atoms with Gasteiger partial charge in [-0.1, -0.05) is 6.42 Å². The Hall–Kier alpha value is -0.570. The van der Waals surface area contributed by atoms with Crippen LogP contribution in [0.2, 0.25) is 0 Å². The molecule has 11 heavy (non-hydrogen) atoms. The van der Waals surface area contributed by atoms with E-state index < -0.39 is 0 Å². The van der Waals surface area contributed by atoms with Crippen molar-refractivity contribution in [1.29, 1.82) is 0 Å². The summed E-state index contributed by atoms with van der Waals surface area (Å²) in [5, 5.41) is 2.73. The van der Waals surface area contributed by atoms with Gasteiger partial charge in [0, 0.05) is 12.6 Å². The number of amides is 1. The second kappa shape index (κ2) is 4.34. The van der Waals surface area contributed by atoms with Gasteiger partial charge in [-0.25, -0.2) is 0 Å². The molecule has 1 aliphatic heterocycles. The van der Waals surface area contributed by atoms with E-state index in [-0.39, 0.29) is 0 Å². The Balaban J connectivity index is 2.23. The third-order valence-corrected chi connectivity index (χ3v) is 2.36. The maximum Gasteiger partial charge on any atom is 0.207 e. The highest BCUT2D eigenvalue weighted by Crippen LogP contribution is 2.13. The fourth-order valence-corrected chi connectivity index (χ4v) is 1.59. The number of nitrogens with zero attached hydrogens (tertiary/aromatic N) is 1. The van der Waals surface area contributed by atoms with Crippen molar-refractivity contribution < 1.29 is 4.79 Å². The predicted octanol–water partition coefficient (Wildman–Crippen LogP) is 0.217. The SMILES string of the molecule is CN1CCCCC1CNC=O. The van der Waals surface area contributed by atoms with E-state index in [0.717, 1.165) is 13.0 Å². The summed E-state index contributed by atoms with van der Waals surface area (Å²) in [7, 11) is 2.12. The average molecular weight is 156 g/mol. The highest BCUT2D eigenvalue weighted by molar-refractivity contribution is 5.45. The quantitative estimate of drug-likeness (QED) is 0.593. The van der Waals surface area contributed by atoms with E-state index in [1.54, 1.807) is 0 Å². The lowest BCUT2D eigenvalue weighted by Gasteiger charge is -2.31. The van der Waals surface area contributed by atoms with Gasteiger partial charge in [-0.3, -0.25) is 4.79 Å². The fourth-order valence-electron chi connectivity index (χ4n) is 1.59. The molecular weight excluding hydrogens is 140 g/mol. The van der Waals surface area contributed by atoms with E-state index in [4.69, 9.17) is 0 Å². The van der Waals surface area contributed by atoms with Crippen LogP contribution in [0.25, 0.3) is 0 Å². The van der Waals surface area contributed by atoms with Crippen LogP contribution in [0.5, 0.6) is 0 Å². The fraction of sp³-hybridized carbons (Fsp3) is 0.875. The average Bonchev–Trinajstić information content (AvgIpc) is 2.03. The molecule has 3 heteroatoms. The molecule has 0 spiro atoms. The zero-order chi connectivity index (χ0) is 8.10. The topological polar surface area (TPSA) is 32.3 Å². The molecular formula is C8H16N2O. The molecule has 1 unspecified atom stereocenters. The van der Waals surface area contributed by atoms with E-state index in [9.17, 15) is 4.79 Å². The first-order chi connectivity index (χ1) is 5.34. The largest absolute Gasteiger partial charge is 0.357 e. The molecule has 1 heterocycles. The first-order valence-corrected chi connectivity index (χ1v) is 4.22. The van der Waals surface area contributed by atoms with Gasteiger partial charge in [0.05, 0.1) is 0 Å². The molecule has 1 saturated heterocycles. The number of likely N-dealkylation sites (N-methyl/N-ethyl adjacent to an activating group) is 1. The van der Waals surface area contributed by atoms with Gasteiger partial charge in [0.15, 0.2) is 0 Å².